The van der Waals surface area contributed by atoms with Crippen LogP contribution in [0.4, 0.5) is 0 Å². The van der Waals surface area contributed by atoms with Crippen molar-refractivity contribution in [2.24, 2.45) is 0 Å². The Labute approximate surface area is 251 Å². The number of allylic oxidation sites excluding steroid dienone is 1. The fraction of sp³-hybridized carbons (Fsp3) is 0.161. The fourth-order valence-electron chi connectivity index (χ4n) is 5.38. The number of halogens is 1. The molecule has 10 heteroatoms. The lowest BCUT2D eigenvalue weighted by atomic mass is 9.73. The number of nitrogens with zero attached hydrogens (tertiary/aromatic N) is 2. The van der Waals surface area contributed by atoms with Crippen molar-refractivity contribution < 1.29 is 16.8 Å². The Morgan fingerprint density at radius 3 is 1.32 bits per heavy atom. The van der Waals surface area contributed by atoms with E-state index in [1.807, 2.05) is 74.5 Å². The monoisotopic (exact) mass is 648 g/mol. The van der Waals surface area contributed by atoms with E-state index in [0.29, 0.717) is 15.6 Å². The van der Waals surface area contributed by atoms with Crippen molar-refractivity contribution in [3.05, 3.63) is 143 Å². The smallest absolute Gasteiger partial charge is 0.211 e. The van der Waals surface area contributed by atoms with Crippen molar-refractivity contribution in [3.63, 3.8) is 0 Å². The highest BCUT2D eigenvalue weighted by atomic mass is 79.9. The standard InChI is InChI=1S/C31H30BBrN2O4S2/c1-23-14-18-28(19-15-23)40(36,37)34-30(26-10-6-4-7-11-26)31(27-12-8-5-9-13-27)35(32(34)22-25(3)33)41(38,39)29-20-16-24(2)17-21-29/h4-21,30-31H,3,22H2,1-2H3/t30-,31-/m1/s1. The summed E-state index contributed by atoms with van der Waals surface area (Å²) in [6.07, 6.45) is 0.0445. The maximum Gasteiger partial charge on any atom is 0.347 e. The predicted octanol–water partition coefficient (Wildman–Crippen LogP) is 6.88. The fourth-order valence-corrected chi connectivity index (χ4v) is 9.24. The first kappa shape index (κ1) is 29.5. The first-order valence-corrected chi connectivity index (χ1v) is 16.8. The number of sulfonamides is 2. The van der Waals surface area contributed by atoms with E-state index in [1.54, 1.807) is 48.5 Å². The average molecular weight is 649 g/mol. The normalized spacial score (nSPS) is 18.5. The van der Waals surface area contributed by atoms with Gasteiger partial charge in [-0.05, 0) is 60.0 Å². The molecule has 0 radical (unpaired) electrons. The summed E-state index contributed by atoms with van der Waals surface area (Å²) in [7, 11) is -8.41. The van der Waals surface area contributed by atoms with Gasteiger partial charge in [-0.2, -0.15) is 0 Å². The van der Waals surface area contributed by atoms with Crippen molar-refractivity contribution in [2.75, 3.05) is 0 Å². The van der Waals surface area contributed by atoms with Crippen LogP contribution in [0.25, 0.3) is 0 Å². The van der Waals surface area contributed by atoms with Gasteiger partial charge in [-0.15, -0.1) is 0 Å². The van der Waals surface area contributed by atoms with Crippen molar-refractivity contribution in [2.45, 2.75) is 42.0 Å². The largest absolute Gasteiger partial charge is 0.347 e. The Hall–Kier alpha value is -3.02. The quantitative estimate of drug-likeness (QED) is 0.195. The van der Waals surface area contributed by atoms with E-state index in [2.05, 4.69) is 22.5 Å². The summed E-state index contributed by atoms with van der Waals surface area (Å²) in [5, 5.41) is 0. The minimum atomic E-state index is -4.21. The van der Waals surface area contributed by atoms with E-state index in [4.69, 9.17) is 0 Å². The Morgan fingerprint density at radius 2 is 1.00 bits per heavy atom. The molecule has 0 unspecified atom stereocenters. The van der Waals surface area contributed by atoms with Gasteiger partial charge < -0.3 is 0 Å². The van der Waals surface area contributed by atoms with Crippen LogP contribution in [0.5, 0.6) is 0 Å². The molecule has 2 atom stereocenters. The molecule has 4 aromatic rings. The van der Waals surface area contributed by atoms with Gasteiger partial charge in [-0.25, -0.2) is 25.3 Å². The molecule has 0 saturated carbocycles. The first-order valence-electron chi connectivity index (χ1n) is 13.2. The molecule has 0 amide bonds. The van der Waals surface area contributed by atoms with Gasteiger partial charge in [0.2, 0.25) is 20.0 Å². The van der Waals surface area contributed by atoms with E-state index in [0.717, 1.165) is 11.1 Å². The van der Waals surface area contributed by atoms with Crippen LogP contribution in [0.3, 0.4) is 0 Å². The zero-order chi connectivity index (χ0) is 29.4. The van der Waals surface area contributed by atoms with Gasteiger partial charge >= 0.3 is 6.98 Å². The summed E-state index contributed by atoms with van der Waals surface area (Å²) in [6, 6.07) is 30.0. The zero-order valence-electron chi connectivity index (χ0n) is 22.8. The molecular weight excluding hydrogens is 619 g/mol. The van der Waals surface area contributed by atoms with Crippen LogP contribution < -0.4 is 0 Å². The second kappa shape index (κ2) is 11.7. The summed E-state index contributed by atoms with van der Waals surface area (Å²) < 4.78 is 61.7. The Kier molecular flexibility index (Phi) is 8.41. The third-order valence-corrected chi connectivity index (χ3v) is 11.4. The predicted molar refractivity (Wildman–Crippen MR) is 167 cm³/mol. The summed E-state index contributed by atoms with van der Waals surface area (Å²) >= 11 is 3.42. The average Bonchev–Trinajstić information content (AvgIpc) is 3.30. The van der Waals surface area contributed by atoms with E-state index >= 15 is 0 Å². The van der Waals surface area contributed by atoms with Crippen molar-refractivity contribution in [3.8, 4) is 0 Å². The highest BCUT2D eigenvalue weighted by molar-refractivity contribution is 9.11. The zero-order valence-corrected chi connectivity index (χ0v) is 26.0. The molecule has 1 fully saturated rings. The molecule has 1 saturated heterocycles. The van der Waals surface area contributed by atoms with E-state index < -0.39 is 39.1 Å². The van der Waals surface area contributed by atoms with Crippen LogP contribution in [-0.4, -0.2) is 32.3 Å². The van der Waals surface area contributed by atoms with Crippen molar-refractivity contribution in [1.29, 1.82) is 0 Å². The second-order valence-corrected chi connectivity index (χ2v) is 15.0. The van der Waals surface area contributed by atoms with Gasteiger partial charge in [0.25, 0.3) is 0 Å². The van der Waals surface area contributed by atoms with Gasteiger partial charge in [0.15, 0.2) is 0 Å². The summed E-state index contributed by atoms with van der Waals surface area (Å²) in [6.45, 7) is 6.66. The van der Waals surface area contributed by atoms with Crippen molar-refractivity contribution in [1.82, 2.24) is 8.43 Å². The number of aryl methyl sites for hydroxylation is 2. The van der Waals surface area contributed by atoms with Gasteiger partial charge in [-0.3, -0.25) is 0 Å². The lowest BCUT2D eigenvalue weighted by Crippen LogP contribution is -2.49. The Balaban J connectivity index is 1.84. The minimum Gasteiger partial charge on any atom is -0.211 e. The van der Waals surface area contributed by atoms with Gasteiger partial charge in [0, 0.05) is 0 Å². The number of rotatable bonds is 8. The number of hydrogen-bond donors (Lipinski definition) is 0. The molecule has 0 aliphatic carbocycles. The van der Waals surface area contributed by atoms with Crippen LogP contribution in [0.2, 0.25) is 6.32 Å². The molecule has 1 heterocycles. The van der Waals surface area contributed by atoms with E-state index in [-0.39, 0.29) is 16.1 Å². The minimum absolute atomic E-state index is 0.0445. The third-order valence-electron chi connectivity index (χ3n) is 7.31. The van der Waals surface area contributed by atoms with Gasteiger partial charge in [0.05, 0.1) is 21.9 Å². The second-order valence-electron chi connectivity index (χ2n) is 10.2. The van der Waals surface area contributed by atoms with Crippen LogP contribution in [0.15, 0.2) is 130 Å². The summed E-state index contributed by atoms with van der Waals surface area (Å²) in [5.41, 5.74) is 3.20. The van der Waals surface area contributed by atoms with Crippen LogP contribution in [0.1, 0.15) is 34.3 Å². The molecule has 6 nitrogen and oxygen atoms in total. The van der Waals surface area contributed by atoms with Crippen LogP contribution >= 0.6 is 15.9 Å². The lowest BCUT2D eigenvalue weighted by molar-refractivity contribution is 0.377. The molecule has 5 rings (SSSR count). The third kappa shape index (κ3) is 5.72. The molecule has 0 aromatic heterocycles. The molecular formula is C31H30BBrN2O4S2. The van der Waals surface area contributed by atoms with Crippen LogP contribution in [-0.2, 0) is 20.0 Å². The Bertz CT molecular complexity index is 1630. The molecule has 41 heavy (non-hydrogen) atoms. The molecule has 0 N–H and O–H groups in total. The molecule has 4 aromatic carbocycles. The molecule has 1 aliphatic rings. The maximum absolute atomic E-state index is 14.6. The SMILES string of the molecule is C=C(Br)CB1N(S(=O)(=O)c2ccc(C)cc2)[C@H](c2ccccc2)[C@@H](c2ccccc2)N1S(=O)(=O)c1ccc(C)cc1. The molecule has 0 bridgehead atoms. The first-order chi connectivity index (χ1) is 19.5. The lowest BCUT2D eigenvalue weighted by Gasteiger charge is -2.30. The molecule has 0 spiro atoms. The van der Waals surface area contributed by atoms with Crippen LogP contribution in [0, 0.1) is 13.8 Å². The van der Waals surface area contributed by atoms with Gasteiger partial charge in [0.1, 0.15) is 0 Å². The molecule has 1 aliphatic heterocycles. The highest BCUT2D eigenvalue weighted by Crippen LogP contribution is 2.51. The topological polar surface area (TPSA) is 74.8 Å². The maximum atomic E-state index is 14.6. The number of hydrogen-bond acceptors (Lipinski definition) is 4. The van der Waals surface area contributed by atoms with E-state index in [9.17, 15) is 16.8 Å². The highest BCUT2D eigenvalue weighted by Gasteiger charge is 2.60. The summed E-state index contributed by atoms with van der Waals surface area (Å²) in [4.78, 5) is 0.186. The van der Waals surface area contributed by atoms with Crippen molar-refractivity contribution >= 4 is 43.0 Å². The van der Waals surface area contributed by atoms with Gasteiger partial charge in [-0.1, -0.05) is 119 Å². The number of benzene rings is 4. The molecule has 210 valence electrons. The van der Waals surface area contributed by atoms with E-state index in [1.165, 1.54) is 8.43 Å². The Morgan fingerprint density at radius 1 is 0.659 bits per heavy atom. The summed E-state index contributed by atoms with van der Waals surface area (Å²) in [5.74, 6) is 0.